The smallest absolute Gasteiger partial charge is 0.237 e. The zero-order valence-electron chi connectivity index (χ0n) is 10.9. The number of likely N-dealkylation sites (tertiary alicyclic amines) is 1. The molecule has 2 atom stereocenters. The van der Waals surface area contributed by atoms with Crippen molar-refractivity contribution in [3.8, 4) is 0 Å². The second kappa shape index (κ2) is 7.95. The van der Waals surface area contributed by atoms with Crippen LogP contribution in [0.1, 0.15) is 26.2 Å². The maximum Gasteiger partial charge on any atom is 0.237 e. The number of carbonyl (C=O) groups excluding carboxylic acids is 1. The first-order valence-electron chi connectivity index (χ1n) is 6.44. The Balaban J connectivity index is 2.29. The molecule has 1 fully saturated rings. The number of hydrogen-bond acceptors (Lipinski definition) is 4. The molecule has 0 aromatic rings. The highest BCUT2D eigenvalue weighted by molar-refractivity contribution is 7.98. The van der Waals surface area contributed by atoms with Crippen LogP contribution in [-0.2, 0) is 4.79 Å². The summed E-state index contributed by atoms with van der Waals surface area (Å²) in [5.41, 5.74) is 5.85. The van der Waals surface area contributed by atoms with Crippen molar-refractivity contribution in [2.75, 3.05) is 31.6 Å². The first-order valence-corrected chi connectivity index (χ1v) is 7.84. The Morgan fingerprint density at radius 2 is 2.41 bits per heavy atom. The molecule has 5 heteroatoms. The third kappa shape index (κ3) is 5.27. The van der Waals surface area contributed by atoms with E-state index >= 15 is 0 Å². The largest absolute Gasteiger partial charge is 0.351 e. The maximum absolute atomic E-state index is 11.8. The van der Waals surface area contributed by atoms with E-state index in [1.807, 2.05) is 6.26 Å². The van der Waals surface area contributed by atoms with Gasteiger partial charge in [0.15, 0.2) is 0 Å². The van der Waals surface area contributed by atoms with Crippen LogP contribution in [0.25, 0.3) is 0 Å². The minimum atomic E-state index is -0.348. The molecule has 1 aliphatic heterocycles. The number of rotatable bonds is 6. The van der Waals surface area contributed by atoms with Crippen LogP contribution in [-0.4, -0.2) is 54.5 Å². The lowest BCUT2D eigenvalue weighted by atomic mass is 10.1. The molecule has 0 aliphatic carbocycles. The van der Waals surface area contributed by atoms with Gasteiger partial charge >= 0.3 is 0 Å². The van der Waals surface area contributed by atoms with Crippen LogP contribution < -0.4 is 11.1 Å². The van der Waals surface area contributed by atoms with E-state index < -0.39 is 0 Å². The summed E-state index contributed by atoms with van der Waals surface area (Å²) in [5.74, 6) is 0.961. The molecule has 1 unspecified atom stereocenters. The van der Waals surface area contributed by atoms with Gasteiger partial charge in [0, 0.05) is 12.6 Å². The summed E-state index contributed by atoms with van der Waals surface area (Å²) < 4.78 is 0. The molecular weight excluding hydrogens is 234 g/mol. The molecule has 17 heavy (non-hydrogen) atoms. The van der Waals surface area contributed by atoms with Crippen molar-refractivity contribution >= 4 is 17.7 Å². The minimum Gasteiger partial charge on any atom is -0.351 e. The topological polar surface area (TPSA) is 58.4 Å². The highest BCUT2D eigenvalue weighted by Crippen LogP contribution is 2.10. The Kier molecular flexibility index (Phi) is 6.92. The van der Waals surface area contributed by atoms with Gasteiger partial charge in [0.1, 0.15) is 0 Å². The van der Waals surface area contributed by atoms with Crippen molar-refractivity contribution in [1.29, 1.82) is 0 Å². The zero-order valence-corrected chi connectivity index (χ0v) is 11.8. The fraction of sp³-hybridized carbons (Fsp3) is 0.917. The molecule has 3 N–H and O–H groups in total. The molecule has 0 aromatic carbocycles. The van der Waals surface area contributed by atoms with E-state index in [1.165, 1.54) is 6.42 Å². The number of carbonyl (C=O) groups is 1. The van der Waals surface area contributed by atoms with Gasteiger partial charge in [-0.1, -0.05) is 6.92 Å². The Bertz CT molecular complexity index is 238. The second-order valence-electron chi connectivity index (χ2n) is 4.63. The van der Waals surface area contributed by atoms with Gasteiger partial charge in [-0.15, -0.1) is 0 Å². The molecule has 4 nitrogen and oxygen atoms in total. The number of nitrogens with zero attached hydrogens (tertiary/aromatic N) is 1. The molecule has 0 aromatic heterocycles. The van der Waals surface area contributed by atoms with Gasteiger partial charge in [-0.05, 0) is 44.4 Å². The van der Waals surface area contributed by atoms with E-state index in [1.54, 1.807) is 11.8 Å². The summed E-state index contributed by atoms with van der Waals surface area (Å²) in [7, 11) is 0. The predicted octanol–water partition coefficient (Wildman–Crippen LogP) is 0.667. The van der Waals surface area contributed by atoms with E-state index in [9.17, 15) is 4.79 Å². The number of nitrogens with two attached hydrogens (primary N) is 1. The summed E-state index contributed by atoms with van der Waals surface area (Å²) in [5, 5.41) is 3.08. The average Bonchev–Trinajstić information content (AvgIpc) is 2.36. The highest BCUT2D eigenvalue weighted by atomic mass is 32.2. The Morgan fingerprint density at radius 1 is 1.65 bits per heavy atom. The molecule has 0 saturated carbocycles. The first kappa shape index (κ1) is 14.8. The van der Waals surface area contributed by atoms with Crippen molar-refractivity contribution in [1.82, 2.24) is 10.2 Å². The van der Waals surface area contributed by atoms with Crippen molar-refractivity contribution in [2.24, 2.45) is 5.73 Å². The molecular formula is C12H25N3OS. The minimum absolute atomic E-state index is 0.0157. The van der Waals surface area contributed by atoms with E-state index in [-0.39, 0.29) is 18.0 Å². The van der Waals surface area contributed by atoms with Crippen LogP contribution in [0.4, 0.5) is 0 Å². The molecule has 1 heterocycles. The van der Waals surface area contributed by atoms with Gasteiger partial charge in [-0.25, -0.2) is 0 Å². The van der Waals surface area contributed by atoms with Crippen molar-refractivity contribution in [3.63, 3.8) is 0 Å². The number of nitrogens with one attached hydrogen (secondary N) is 1. The SMILES string of the molecule is CCN1CCCC(NC(=O)[C@@H](N)CCSC)C1. The van der Waals surface area contributed by atoms with E-state index in [4.69, 9.17) is 5.73 Å². The summed E-state index contributed by atoms with van der Waals surface area (Å²) in [4.78, 5) is 14.2. The molecule has 0 bridgehead atoms. The molecule has 0 spiro atoms. The van der Waals surface area contributed by atoms with Gasteiger partial charge in [-0.2, -0.15) is 11.8 Å². The van der Waals surface area contributed by atoms with Crippen molar-refractivity contribution in [3.05, 3.63) is 0 Å². The van der Waals surface area contributed by atoms with Crippen LogP contribution in [0.5, 0.6) is 0 Å². The van der Waals surface area contributed by atoms with Crippen LogP contribution in [0.15, 0.2) is 0 Å². The Hall–Kier alpha value is -0.260. The lowest BCUT2D eigenvalue weighted by molar-refractivity contribution is -0.123. The van der Waals surface area contributed by atoms with E-state index in [2.05, 4.69) is 17.1 Å². The summed E-state index contributed by atoms with van der Waals surface area (Å²) >= 11 is 1.73. The van der Waals surface area contributed by atoms with Crippen molar-refractivity contribution < 1.29 is 4.79 Å². The predicted molar refractivity (Wildman–Crippen MR) is 74.3 cm³/mol. The lowest BCUT2D eigenvalue weighted by Crippen LogP contribution is -2.51. The normalized spacial score (nSPS) is 23.4. The molecule has 1 amide bonds. The van der Waals surface area contributed by atoms with E-state index in [0.717, 1.165) is 38.2 Å². The Morgan fingerprint density at radius 3 is 3.06 bits per heavy atom. The average molecular weight is 259 g/mol. The molecule has 1 saturated heterocycles. The maximum atomic E-state index is 11.8. The van der Waals surface area contributed by atoms with Gasteiger partial charge in [0.2, 0.25) is 5.91 Å². The van der Waals surface area contributed by atoms with Crippen LogP contribution in [0.3, 0.4) is 0 Å². The fourth-order valence-electron chi connectivity index (χ4n) is 2.14. The first-order chi connectivity index (χ1) is 8.17. The summed E-state index contributed by atoms with van der Waals surface area (Å²) in [6.07, 6.45) is 5.04. The lowest BCUT2D eigenvalue weighted by Gasteiger charge is -2.32. The zero-order chi connectivity index (χ0) is 12.7. The molecule has 1 rings (SSSR count). The molecule has 0 radical (unpaired) electrons. The summed E-state index contributed by atoms with van der Waals surface area (Å²) in [6.45, 7) is 5.35. The molecule has 1 aliphatic rings. The number of thioether (sulfide) groups is 1. The molecule has 100 valence electrons. The third-order valence-electron chi connectivity index (χ3n) is 3.27. The van der Waals surface area contributed by atoms with Crippen LogP contribution in [0, 0.1) is 0 Å². The Labute approximate surface area is 109 Å². The van der Waals surface area contributed by atoms with Gasteiger partial charge in [-0.3, -0.25) is 4.79 Å². The number of hydrogen-bond donors (Lipinski definition) is 2. The second-order valence-corrected chi connectivity index (χ2v) is 5.61. The van der Waals surface area contributed by atoms with Crippen molar-refractivity contribution in [2.45, 2.75) is 38.3 Å². The van der Waals surface area contributed by atoms with Gasteiger partial charge < -0.3 is 16.0 Å². The number of piperidine rings is 1. The monoisotopic (exact) mass is 259 g/mol. The quantitative estimate of drug-likeness (QED) is 0.736. The third-order valence-corrected chi connectivity index (χ3v) is 3.91. The summed E-state index contributed by atoms with van der Waals surface area (Å²) in [6, 6.07) is -0.0593. The standard InChI is InChI=1S/C12H25N3OS/c1-3-15-7-4-5-10(9-15)14-12(16)11(13)6-8-17-2/h10-11H,3-9,13H2,1-2H3,(H,14,16)/t10?,11-/m0/s1. The highest BCUT2D eigenvalue weighted by Gasteiger charge is 2.22. The fourth-order valence-corrected chi connectivity index (χ4v) is 2.63. The number of amides is 1. The van der Waals surface area contributed by atoms with Gasteiger partial charge in [0.05, 0.1) is 6.04 Å². The van der Waals surface area contributed by atoms with Gasteiger partial charge in [0.25, 0.3) is 0 Å². The van der Waals surface area contributed by atoms with Crippen LogP contribution in [0.2, 0.25) is 0 Å². The van der Waals surface area contributed by atoms with Crippen LogP contribution >= 0.6 is 11.8 Å². The van der Waals surface area contributed by atoms with E-state index in [0.29, 0.717) is 0 Å². The number of likely N-dealkylation sites (N-methyl/N-ethyl adjacent to an activating group) is 1.